The van der Waals surface area contributed by atoms with Crippen molar-refractivity contribution in [3.8, 4) is 0 Å². The molecule has 0 saturated heterocycles. The fourth-order valence-corrected chi connectivity index (χ4v) is 0.422. The second kappa shape index (κ2) is 2.51. The average molecular weight is 158 g/mol. The van der Waals surface area contributed by atoms with E-state index in [1.54, 1.807) is 0 Å². The molecule has 0 aliphatic heterocycles. The largest absolute Gasteiger partial charge is 0.264 e. The average Bonchev–Trinajstić information content (AvgIpc) is 1.21. The number of hydrogen-bond donors (Lipinski definition) is 0. The highest BCUT2D eigenvalue weighted by atomic mass is 35.5. The Morgan fingerprint density at radius 1 is 1.75 bits per heavy atom. The fourth-order valence-electron chi connectivity index (χ4n) is 0.227. The van der Waals surface area contributed by atoms with Gasteiger partial charge in [0.05, 0.1) is 0 Å². The molecule has 0 saturated carbocycles. The first kappa shape index (κ1) is 7.98. The molecular formula is C3H5Cl2NO2. The van der Waals surface area contributed by atoms with E-state index in [9.17, 15) is 10.1 Å². The summed E-state index contributed by atoms with van der Waals surface area (Å²) < 4.78 is -1.23. The number of nitro groups is 1. The molecule has 8 heavy (non-hydrogen) atoms. The van der Waals surface area contributed by atoms with Crippen LogP contribution in [0.25, 0.3) is 0 Å². The van der Waals surface area contributed by atoms with Gasteiger partial charge in [-0.1, -0.05) is 23.2 Å². The Hall–Kier alpha value is -0.0200. The standard InChI is InChI=1S/C3H5Cl2NO2/c1-3(4,5)2-6(7)8/h2H2,1H3. The summed E-state index contributed by atoms with van der Waals surface area (Å²) in [7, 11) is 0. The second-order valence-corrected chi connectivity index (χ2v) is 3.42. The Kier molecular flexibility index (Phi) is 2.50. The molecular weight excluding hydrogens is 153 g/mol. The van der Waals surface area contributed by atoms with Gasteiger partial charge in [-0.05, 0) is 6.92 Å². The van der Waals surface area contributed by atoms with Crippen LogP contribution in [0.4, 0.5) is 0 Å². The van der Waals surface area contributed by atoms with Crippen LogP contribution in [0.2, 0.25) is 0 Å². The quantitative estimate of drug-likeness (QED) is 0.346. The van der Waals surface area contributed by atoms with Gasteiger partial charge in [0.15, 0.2) is 4.33 Å². The SMILES string of the molecule is CC(Cl)(Cl)C[N+](=O)[O-]. The van der Waals surface area contributed by atoms with E-state index in [4.69, 9.17) is 23.2 Å². The molecule has 0 N–H and O–H groups in total. The highest BCUT2D eigenvalue weighted by Crippen LogP contribution is 2.18. The molecule has 0 atom stereocenters. The van der Waals surface area contributed by atoms with E-state index in [-0.39, 0.29) is 0 Å². The smallest absolute Gasteiger partial charge is 0.236 e. The molecule has 0 heterocycles. The maximum atomic E-state index is 9.65. The second-order valence-electron chi connectivity index (χ2n) is 1.56. The molecule has 0 rings (SSSR count). The molecule has 0 spiro atoms. The van der Waals surface area contributed by atoms with Crippen LogP contribution < -0.4 is 0 Å². The minimum Gasteiger partial charge on any atom is -0.264 e. The summed E-state index contributed by atoms with van der Waals surface area (Å²) in [4.78, 5) is 9.10. The van der Waals surface area contributed by atoms with Gasteiger partial charge in [0.1, 0.15) is 0 Å². The summed E-state index contributed by atoms with van der Waals surface area (Å²) in [6, 6.07) is 0. The van der Waals surface area contributed by atoms with Crippen molar-refractivity contribution in [2.75, 3.05) is 6.54 Å². The zero-order chi connectivity index (χ0) is 6.78. The number of hydrogen-bond acceptors (Lipinski definition) is 2. The van der Waals surface area contributed by atoms with Crippen LogP contribution in [-0.2, 0) is 0 Å². The first-order valence-electron chi connectivity index (χ1n) is 1.91. The zero-order valence-electron chi connectivity index (χ0n) is 4.23. The van der Waals surface area contributed by atoms with Crippen LogP contribution in [0.15, 0.2) is 0 Å². The third-order valence-electron chi connectivity index (χ3n) is 0.407. The lowest BCUT2D eigenvalue weighted by atomic mass is 10.5. The van der Waals surface area contributed by atoms with Crippen molar-refractivity contribution in [3.05, 3.63) is 10.1 Å². The van der Waals surface area contributed by atoms with Crippen molar-refractivity contribution < 1.29 is 4.92 Å². The molecule has 5 heteroatoms. The van der Waals surface area contributed by atoms with Gasteiger partial charge >= 0.3 is 0 Å². The van der Waals surface area contributed by atoms with Gasteiger partial charge in [-0.15, -0.1) is 0 Å². The predicted molar refractivity (Wildman–Crippen MR) is 32.0 cm³/mol. The van der Waals surface area contributed by atoms with Gasteiger partial charge in [0.2, 0.25) is 6.54 Å². The van der Waals surface area contributed by atoms with Gasteiger partial charge in [-0.2, -0.15) is 0 Å². The van der Waals surface area contributed by atoms with E-state index in [2.05, 4.69) is 0 Å². The summed E-state index contributed by atoms with van der Waals surface area (Å²) in [5.41, 5.74) is 0. The van der Waals surface area contributed by atoms with E-state index in [0.29, 0.717) is 0 Å². The van der Waals surface area contributed by atoms with E-state index in [1.807, 2.05) is 0 Å². The number of nitrogens with zero attached hydrogens (tertiary/aromatic N) is 1. The minimum absolute atomic E-state index is 0.421. The van der Waals surface area contributed by atoms with Gasteiger partial charge in [-0.25, -0.2) is 0 Å². The molecule has 0 aromatic carbocycles. The maximum Gasteiger partial charge on any atom is 0.236 e. The van der Waals surface area contributed by atoms with Crippen molar-refractivity contribution in [1.82, 2.24) is 0 Å². The van der Waals surface area contributed by atoms with Crippen molar-refractivity contribution >= 4 is 23.2 Å². The highest BCUT2D eigenvalue weighted by Gasteiger charge is 2.23. The lowest BCUT2D eigenvalue weighted by molar-refractivity contribution is -0.481. The third kappa shape index (κ3) is 5.98. The van der Waals surface area contributed by atoms with Crippen LogP contribution in [0.1, 0.15) is 6.92 Å². The molecule has 0 fully saturated rings. The summed E-state index contributed by atoms with van der Waals surface area (Å²) in [5, 5.41) is 9.65. The summed E-state index contributed by atoms with van der Waals surface area (Å²) in [5.74, 6) is 0. The van der Waals surface area contributed by atoms with Gasteiger partial charge in [-0.3, -0.25) is 10.1 Å². The first-order valence-corrected chi connectivity index (χ1v) is 2.67. The monoisotopic (exact) mass is 157 g/mol. The van der Waals surface area contributed by atoms with Gasteiger partial charge < -0.3 is 0 Å². The van der Waals surface area contributed by atoms with Crippen molar-refractivity contribution in [2.24, 2.45) is 0 Å². The molecule has 0 aromatic rings. The van der Waals surface area contributed by atoms with Crippen LogP contribution >= 0.6 is 23.2 Å². The van der Waals surface area contributed by atoms with E-state index in [0.717, 1.165) is 0 Å². The Morgan fingerprint density at radius 2 is 2.12 bits per heavy atom. The predicted octanol–water partition coefficient (Wildman–Crippen LogP) is 1.46. The Morgan fingerprint density at radius 3 is 2.12 bits per heavy atom. The van der Waals surface area contributed by atoms with Crippen LogP contribution in [-0.4, -0.2) is 15.8 Å². The number of rotatable bonds is 2. The van der Waals surface area contributed by atoms with Crippen LogP contribution in [0.3, 0.4) is 0 Å². The molecule has 0 aliphatic carbocycles. The van der Waals surface area contributed by atoms with E-state index < -0.39 is 15.8 Å². The Labute approximate surface area is 56.7 Å². The van der Waals surface area contributed by atoms with Gasteiger partial charge in [0.25, 0.3) is 0 Å². The highest BCUT2D eigenvalue weighted by molar-refractivity contribution is 6.48. The molecule has 0 radical (unpaired) electrons. The van der Waals surface area contributed by atoms with Gasteiger partial charge in [0, 0.05) is 4.92 Å². The summed E-state index contributed by atoms with van der Waals surface area (Å²) >= 11 is 10.5. The molecule has 0 aliphatic rings. The van der Waals surface area contributed by atoms with Crippen molar-refractivity contribution in [2.45, 2.75) is 11.3 Å². The number of alkyl halides is 2. The topological polar surface area (TPSA) is 43.1 Å². The molecule has 0 aromatic heterocycles. The zero-order valence-corrected chi connectivity index (χ0v) is 5.74. The third-order valence-corrected chi connectivity index (χ3v) is 0.646. The minimum atomic E-state index is -1.23. The first-order chi connectivity index (χ1) is 3.42. The molecule has 3 nitrogen and oxygen atoms in total. The Balaban J connectivity index is 3.55. The van der Waals surface area contributed by atoms with Crippen molar-refractivity contribution in [3.63, 3.8) is 0 Å². The Bertz CT molecular complexity index is 97.9. The van der Waals surface area contributed by atoms with Crippen LogP contribution in [0.5, 0.6) is 0 Å². The maximum absolute atomic E-state index is 9.65. The normalized spacial score (nSPS) is 11.4. The van der Waals surface area contributed by atoms with E-state index in [1.165, 1.54) is 6.92 Å². The molecule has 48 valence electrons. The molecule has 0 unspecified atom stereocenters. The molecule has 0 bridgehead atoms. The number of halogens is 2. The fraction of sp³-hybridized carbons (Fsp3) is 1.00. The summed E-state index contributed by atoms with van der Waals surface area (Å²) in [6.07, 6.45) is 0. The van der Waals surface area contributed by atoms with E-state index >= 15 is 0 Å². The van der Waals surface area contributed by atoms with Crippen molar-refractivity contribution in [1.29, 1.82) is 0 Å². The summed E-state index contributed by atoms with van der Waals surface area (Å²) in [6.45, 7) is 0.953. The lowest BCUT2D eigenvalue weighted by Gasteiger charge is -2.04. The van der Waals surface area contributed by atoms with Crippen LogP contribution in [0, 0.1) is 10.1 Å². The molecule has 0 amide bonds. The lowest BCUT2D eigenvalue weighted by Crippen LogP contribution is -2.19.